The van der Waals surface area contributed by atoms with E-state index in [-0.39, 0.29) is 13.2 Å². The van der Waals surface area contributed by atoms with Gasteiger partial charge in [-0.2, -0.15) is 5.26 Å². The second-order valence-electron chi connectivity index (χ2n) is 3.83. The first-order valence-corrected chi connectivity index (χ1v) is 5.49. The summed E-state index contributed by atoms with van der Waals surface area (Å²) >= 11 is 0. The summed E-state index contributed by atoms with van der Waals surface area (Å²) in [6.07, 6.45) is 0. The molecule has 5 heteroatoms. The Morgan fingerprint density at radius 1 is 1.29 bits per heavy atom. The molecule has 1 aromatic rings. The maximum Gasteiger partial charge on any atom is 0.147 e. The molecule has 92 valence electrons. The number of nitriles is 1. The van der Waals surface area contributed by atoms with E-state index >= 15 is 0 Å². The first-order chi connectivity index (χ1) is 8.13. The third kappa shape index (κ3) is 3.16. The molecule has 0 radical (unpaired) electrons. The number of hydrogen-bond donors (Lipinski definition) is 2. The molecule has 2 N–H and O–H groups in total. The Bertz CT molecular complexity index is 420. The number of aryl methyl sites for hydroxylation is 2. The summed E-state index contributed by atoms with van der Waals surface area (Å²) in [4.78, 5) is 6.04. The number of aliphatic hydroxyl groups is 2. The molecule has 1 heterocycles. The van der Waals surface area contributed by atoms with Crippen molar-refractivity contribution in [1.29, 1.82) is 5.26 Å². The van der Waals surface area contributed by atoms with Gasteiger partial charge in [-0.15, -0.1) is 0 Å². The zero-order chi connectivity index (χ0) is 12.8. The topological polar surface area (TPSA) is 80.4 Å². The summed E-state index contributed by atoms with van der Waals surface area (Å²) in [6, 6.07) is 3.97. The first-order valence-electron chi connectivity index (χ1n) is 5.49. The lowest BCUT2D eigenvalue weighted by atomic mass is 10.1. The minimum Gasteiger partial charge on any atom is -0.395 e. The lowest BCUT2D eigenvalue weighted by molar-refractivity contribution is 0.280. The van der Waals surface area contributed by atoms with Gasteiger partial charge in [0.2, 0.25) is 0 Å². The number of anilines is 1. The zero-order valence-electron chi connectivity index (χ0n) is 10.1. The minimum atomic E-state index is -0.0421. The molecule has 0 saturated heterocycles. The summed E-state index contributed by atoms with van der Waals surface area (Å²) in [5.41, 5.74) is 2.17. The molecule has 0 fully saturated rings. The molecule has 0 unspecified atom stereocenters. The summed E-state index contributed by atoms with van der Waals surface area (Å²) < 4.78 is 0. The number of rotatable bonds is 5. The molecule has 0 aliphatic carbocycles. The molecule has 17 heavy (non-hydrogen) atoms. The smallest absolute Gasteiger partial charge is 0.147 e. The zero-order valence-corrected chi connectivity index (χ0v) is 10.1. The van der Waals surface area contributed by atoms with Crippen molar-refractivity contribution in [2.45, 2.75) is 13.8 Å². The summed E-state index contributed by atoms with van der Waals surface area (Å²) in [6.45, 7) is 4.33. The summed E-state index contributed by atoms with van der Waals surface area (Å²) in [5, 5.41) is 27.1. The minimum absolute atomic E-state index is 0.0421. The quantitative estimate of drug-likeness (QED) is 0.770. The van der Waals surface area contributed by atoms with Crippen molar-refractivity contribution >= 4 is 5.82 Å². The van der Waals surface area contributed by atoms with Crippen molar-refractivity contribution < 1.29 is 10.2 Å². The molecule has 1 aromatic heterocycles. The number of aliphatic hydroxyl groups excluding tert-OH is 2. The van der Waals surface area contributed by atoms with Crippen LogP contribution < -0.4 is 4.90 Å². The van der Waals surface area contributed by atoms with Crippen molar-refractivity contribution in [2.75, 3.05) is 31.2 Å². The van der Waals surface area contributed by atoms with Crippen LogP contribution >= 0.6 is 0 Å². The molecular formula is C12H17N3O2. The molecule has 0 bridgehead atoms. The Hall–Kier alpha value is -1.64. The third-order valence-electron chi connectivity index (χ3n) is 2.48. The second-order valence-corrected chi connectivity index (χ2v) is 3.83. The van der Waals surface area contributed by atoms with Gasteiger partial charge in [-0.25, -0.2) is 4.98 Å². The van der Waals surface area contributed by atoms with Gasteiger partial charge in [0, 0.05) is 18.8 Å². The number of pyridine rings is 1. The van der Waals surface area contributed by atoms with E-state index in [2.05, 4.69) is 11.1 Å². The van der Waals surface area contributed by atoms with Crippen LogP contribution in [0.2, 0.25) is 0 Å². The summed E-state index contributed by atoms with van der Waals surface area (Å²) in [5.74, 6) is 0.535. The van der Waals surface area contributed by atoms with Gasteiger partial charge in [-0.05, 0) is 25.5 Å². The van der Waals surface area contributed by atoms with Gasteiger partial charge >= 0.3 is 0 Å². The van der Waals surface area contributed by atoms with Gasteiger partial charge in [-0.3, -0.25) is 0 Å². The van der Waals surface area contributed by atoms with E-state index in [0.29, 0.717) is 24.5 Å². The molecule has 0 aromatic carbocycles. The average Bonchev–Trinajstić information content (AvgIpc) is 2.28. The largest absolute Gasteiger partial charge is 0.395 e. The van der Waals surface area contributed by atoms with Crippen LogP contribution in [0.3, 0.4) is 0 Å². The maximum absolute atomic E-state index is 9.13. The third-order valence-corrected chi connectivity index (χ3v) is 2.48. The maximum atomic E-state index is 9.13. The van der Waals surface area contributed by atoms with E-state index in [0.717, 1.165) is 11.3 Å². The van der Waals surface area contributed by atoms with Crippen LogP contribution in [-0.2, 0) is 0 Å². The van der Waals surface area contributed by atoms with Crippen LogP contribution in [0.15, 0.2) is 6.07 Å². The Morgan fingerprint density at radius 2 is 1.88 bits per heavy atom. The van der Waals surface area contributed by atoms with Crippen molar-refractivity contribution in [3.63, 3.8) is 0 Å². The Morgan fingerprint density at radius 3 is 2.35 bits per heavy atom. The van der Waals surface area contributed by atoms with E-state index in [9.17, 15) is 0 Å². The SMILES string of the molecule is Cc1cc(C)c(C#N)c(N(CCO)CCO)n1. The van der Waals surface area contributed by atoms with Gasteiger partial charge < -0.3 is 15.1 Å². The van der Waals surface area contributed by atoms with Crippen molar-refractivity contribution in [2.24, 2.45) is 0 Å². The fourth-order valence-electron chi connectivity index (χ4n) is 1.75. The Balaban J connectivity index is 3.21. The van der Waals surface area contributed by atoms with Gasteiger partial charge in [0.25, 0.3) is 0 Å². The van der Waals surface area contributed by atoms with E-state index in [1.807, 2.05) is 19.9 Å². The van der Waals surface area contributed by atoms with E-state index in [4.69, 9.17) is 15.5 Å². The number of aromatic nitrogens is 1. The van der Waals surface area contributed by atoms with Crippen molar-refractivity contribution in [3.8, 4) is 6.07 Å². The normalized spacial score (nSPS) is 10.1. The molecule has 0 amide bonds. The molecule has 0 atom stereocenters. The Kier molecular flexibility index (Phi) is 4.88. The van der Waals surface area contributed by atoms with Crippen molar-refractivity contribution in [3.05, 3.63) is 22.9 Å². The van der Waals surface area contributed by atoms with Gasteiger partial charge in [-0.1, -0.05) is 0 Å². The predicted molar refractivity (Wildman–Crippen MR) is 64.8 cm³/mol. The standard InChI is InChI=1S/C12H17N3O2/c1-9-7-10(2)14-12(11(9)8-13)15(3-5-16)4-6-17/h7,16-17H,3-6H2,1-2H3. The molecule has 0 aliphatic rings. The van der Waals surface area contributed by atoms with Gasteiger partial charge in [0.1, 0.15) is 11.9 Å². The highest BCUT2D eigenvalue weighted by Gasteiger charge is 2.14. The molecular weight excluding hydrogens is 218 g/mol. The van der Waals surface area contributed by atoms with Crippen LogP contribution in [-0.4, -0.2) is 41.5 Å². The van der Waals surface area contributed by atoms with Crippen molar-refractivity contribution in [1.82, 2.24) is 4.98 Å². The monoisotopic (exact) mass is 235 g/mol. The number of hydrogen-bond acceptors (Lipinski definition) is 5. The lowest BCUT2D eigenvalue weighted by Crippen LogP contribution is -2.31. The van der Waals surface area contributed by atoms with E-state index in [1.54, 1.807) is 4.90 Å². The van der Waals surface area contributed by atoms with Crippen LogP contribution in [0, 0.1) is 25.2 Å². The molecule has 0 spiro atoms. The van der Waals surface area contributed by atoms with Crippen LogP contribution in [0.4, 0.5) is 5.82 Å². The summed E-state index contributed by atoms with van der Waals surface area (Å²) in [7, 11) is 0. The second kappa shape index (κ2) is 6.18. The highest BCUT2D eigenvalue weighted by molar-refractivity contribution is 5.58. The van der Waals surface area contributed by atoms with Crippen LogP contribution in [0.25, 0.3) is 0 Å². The Labute approximate surface area is 101 Å². The fourth-order valence-corrected chi connectivity index (χ4v) is 1.75. The average molecular weight is 235 g/mol. The van der Waals surface area contributed by atoms with Crippen LogP contribution in [0.1, 0.15) is 16.8 Å². The lowest BCUT2D eigenvalue weighted by Gasteiger charge is -2.23. The molecule has 5 nitrogen and oxygen atoms in total. The van der Waals surface area contributed by atoms with E-state index in [1.165, 1.54) is 0 Å². The van der Waals surface area contributed by atoms with E-state index < -0.39 is 0 Å². The predicted octanol–water partition coefficient (Wildman–Crippen LogP) is 0.361. The van der Waals surface area contributed by atoms with Gasteiger partial charge in [0.15, 0.2) is 0 Å². The van der Waals surface area contributed by atoms with Gasteiger partial charge in [0.05, 0.1) is 18.8 Å². The van der Waals surface area contributed by atoms with Crippen LogP contribution in [0.5, 0.6) is 0 Å². The highest BCUT2D eigenvalue weighted by atomic mass is 16.3. The fraction of sp³-hybridized carbons (Fsp3) is 0.500. The highest BCUT2D eigenvalue weighted by Crippen LogP contribution is 2.21. The molecule has 1 rings (SSSR count). The number of nitrogens with zero attached hydrogens (tertiary/aromatic N) is 3. The first kappa shape index (κ1) is 13.4. The molecule has 0 saturated carbocycles. The molecule has 0 aliphatic heterocycles.